The summed E-state index contributed by atoms with van der Waals surface area (Å²) in [4.78, 5) is 4.23. The summed E-state index contributed by atoms with van der Waals surface area (Å²) >= 11 is 11.0. The average molecular weight is 275 g/mol. The molecule has 1 nitrogen and oxygen atoms in total. The normalized spacial score (nSPS) is 10.3. The summed E-state index contributed by atoms with van der Waals surface area (Å²) in [6, 6.07) is 7.68. The highest BCUT2D eigenvalue weighted by Crippen LogP contribution is 2.34. The Bertz CT molecular complexity index is 427. The van der Waals surface area contributed by atoms with Gasteiger partial charge >= 0.3 is 0 Å². The molecule has 1 aromatic heterocycles. The Hall–Kier alpha value is -0.380. The van der Waals surface area contributed by atoms with E-state index in [9.17, 15) is 0 Å². The van der Waals surface area contributed by atoms with E-state index < -0.39 is 0 Å². The van der Waals surface area contributed by atoms with Crippen molar-refractivity contribution in [1.29, 1.82) is 0 Å². The zero-order valence-corrected chi connectivity index (χ0v) is 9.66. The van der Waals surface area contributed by atoms with E-state index in [1.165, 1.54) is 0 Å². The average Bonchev–Trinajstić information content (AvgIpc) is 2.52. The van der Waals surface area contributed by atoms with E-state index >= 15 is 0 Å². The molecule has 0 unspecified atom stereocenters. The quantitative estimate of drug-likeness (QED) is 0.758. The monoisotopic (exact) mass is 273 g/mol. The number of rotatable bonds is 1. The number of benzene rings is 1. The molecule has 0 radical (unpaired) electrons. The van der Waals surface area contributed by atoms with Crippen molar-refractivity contribution >= 4 is 38.9 Å². The summed E-state index contributed by atoms with van der Waals surface area (Å²) in [5, 5.41) is 0.731. The van der Waals surface area contributed by atoms with Crippen molar-refractivity contribution in [2.45, 2.75) is 0 Å². The van der Waals surface area contributed by atoms with E-state index in [0.29, 0.717) is 0 Å². The lowest BCUT2D eigenvalue weighted by Gasteiger charge is -1.99. The minimum atomic E-state index is 0.731. The maximum Gasteiger partial charge on any atom is 0.0977 e. The Labute approximate surface area is 93.5 Å². The first-order chi connectivity index (χ1) is 6.29. The van der Waals surface area contributed by atoms with Gasteiger partial charge in [0.05, 0.1) is 20.0 Å². The molecule has 0 aliphatic heterocycles. The van der Waals surface area contributed by atoms with Crippen LogP contribution in [0.5, 0.6) is 0 Å². The Morgan fingerprint density at radius 1 is 1.31 bits per heavy atom. The van der Waals surface area contributed by atoms with Crippen LogP contribution in [-0.2, 0) is 0 Å². The topological polar surface area (TPSA) is 12.9 Å². The number of thiazole rings is 1. The van der Waals surface area contributed by atoms with Crippen molar-refractivity contribution in [2.24, 2.45) is 0 Å². The van der Waals surface area contributed by atoms with Crippen LogP contribution in [0, 0.1) is 0 Å². The first kappa shape index (κ1) is 9.19. The smallest absolute Gasteiger partial charge is 0.0977 e. The second-order valence-corrected chi connectivity index (χ2v) is 5.03. The molecule has 1 heterocycles. The SMILES string of the molecule is Clc1ccccc1-c1ncsc1Br. The van der Waals surface area contributed by atoms with Crippen LogP contribution >= 0.6 is 38.9 Å². The molecule has 2 aromatic rings. The fourth-order valence-electron chi connectivity index (χ4n) is 1.06. The molecule has 0 N–H and O–H groups in total. The Morgan fingerprint density at radius 2 is 2.08 bits per heavy atom. The van der Waals surface area contributed by atoms with Crippen molar-refractivity contribution in [2.75, 3.05) is 0 Å². The molecule has 0 saturated heterocycles. The molecule has 0 amide bonds. The predicted octanol–water partition coefficient (Wildman–Crippen LogP) is 4.23. The third kappa shape index (κ3) is 1.77. The first-order valence-electron chi connectivity index (χ1n) is 3.63. The lowest BCUT2D eigenvalue weighted by atomic mass is 10.2. The number of halogens is 2. The zero-order valence-electron chi connectivity index (χ0n) is 6.50. The predicted molar refractivity (Wildman–Crippen MR) is 60.3 cm³/mol. The van der Waals surface area contributed by atoms with Crippen LogP contribution in [-0.4, -0.2) is 4.98 Å². The van der Waals surface area contributed by atoms with E-state index in [-0.39, 0.29) is 0 Å². The molecule has 0 aliphatic carbocycles. The molecule has 0 spiro atoms. The Kier molecular flexibility index (Phi) is 2.67. The van der Waals surface area contributed by atoms with Gasteiger partial charge in [-0.2, -0.15) is 0 Å². The Balaban J connectivity index is 2.59. The highest BCUT2D eigenvalue weighted by Gasteiger charge is 2.08. The molecule has 0 atom stereocenters. The van der Waals surface area contributed by atoms with Crippen molar-refractivity contribution in [3.05, 3.63) is 38.6 Å². The first-order valence-corrected chi connectivity index (χ1v) is 5.68. The van der Waals surface area contributed by atoms with Crippen LogP contribution in [0.15, 0.2) is 33.6 Å². The van der Waals surface area contributed by atoms with Gasteiger partial charge in [0.15, 0.2) is 0 Å². The van der Waals surface area contributed by atoms with Gasteiger partial charge in [-0.15, -0.1) is 11.3 Å². The molecule has 0 bridgehead atoms. The summed E-state index contributed by atoms with van der Waals surface area (Å²) in [6.45, 7) is 0. The highest BCUT2D eigenvalue weighted by atomic mass is 79.9. The fourth-order valence-corrected chi connectivity index (χ4v) is 2.38. The number of aromatic nitrogens is 1. The van der Waals surface area contributed by atoms with Gasteiger partial charge in [0, 0.05) is 5.56 Å². The van der Waals surface area contributed by atoms with Crippen molar-refractivity contribution in [3.8, 4) is 11.3 Å². The van der Waals surface area contributed by atoms with Crippen LogP contribution in [0.4, 0.5) is 0 Å². The molecule has 66 valence electrons. The maximum atomic E-state index is 6.03. The summed E-state index contributed by atoms with van der Waals surface area (Å²) in [5.41, 5.74) is 3.68. The summed E-state index contributed by atoms with van der Waals surface area (Å²) in [7, 11) is 0. The second-order valence-electron chi connectivity index (χ2n) is 2.45. The van der Waals surface area contributed by atoms with Gasteiger partial charge in [-0.05, 0) is 22.0 Å². The molecule has 0 aliphatic rings. The van der Waals surface area contributed by atoms with Gasteiger partial charge in [0.25, 0.3) is 0 Å². The maximum absolute atomic E-state index is 6.03. The largest absolute Gasteiger partial charge is 0.243 e. The van der Waals surface area contributed by atoms with Crippen molar-refractivity contribution in [3.63, 3.8) is 0 Å². The molecular formula is C9H5BrClNS. The van der Waals surface area contributed by atoms with Crippen LogP contribution < -0.4 is 0 Å². The fraction of sp³-hybridized carbons (Fsp3) is 0. The van der Waals surface area contributed by atoms with E-state index in [1.54, 1.807) is 16.8 Å². The molecule has 13 heavy (non-hydrogen) atoms. The number of hydrogen-bond donors (Lipinski definition) is 0. The van der Waals surface area contributed by atoms with Gasteiger partial charge in [0.2, 0.25) is 0 Å². The van der Waals surface area contributed by atoms with Gasteiger partial charge in [-0.3, -0.25) is 0 Å². The summed E-state index contributed by atoms with van der Waals surface area (Å²) < 4.78 is 1.01. The molecule has 0 saturated carbocycles. The van der Waals surface area contributed by atoms with Crippen LogP contribution in [0.25, 0.3) is 11.3 Å². The molecular weight excluding hydrogens is 270 g/mol. The Morgan fingerprint density at radius 3 is 2.69 bits per heavy atom. The lowest BCUT2D eigenvalue weighted by molar-refractivity contribution is 1.40. The molecule has 2 rings (SSSR count). The van der Waals surface area contributed by atoms with E-state index in [0.717, 1.165) is 20.1 Å². The second kappa shape index (κ2) is 3.78. The van der Waals surface area contributed by atoms with E-state index in [2.05, 4.69) is 20.9 Å². The third-order valence-electron chi connectivity index (χ3n) is 1.65. The van der Waals surface area contributed by atoms with Gasteiger partial charge in [-0.1, -0.05) is 29.8 Å². The molecule has 4 heteroatoms. The minimum Gasteiger partial charge on any atom is -0.243 e. The number of nitrogens with zero attached hydrogens (tertiary/aromatic N) is 1. The lowest BCUT2D eigenvalue weighted by Crippen LogP contribution is -1.78. The summed E-state index contributed by atoms with van der Waals surface area (Å²) in [6.07, 6.45) is 0. The van der Waals surface area contributed by atoms with Crippen molar-refractivity contribution in [1.82, 2.24) is 4.98 Å². The standard InChI is InChI=1S/C9H5BrClNS/c10-9-8(12-5-13-9)6-3-1-2-4-7(6)11/h1-5H. The molecule has 0 fully saturated rings. The van der Waals surface area contributed by atoms with Crippen LogP contribution in [0.1, 0.15) is 0 Å². The third-order valence-corrected chi connectivity index (χ3v) is 3.53. The van der Waals surface area contributed by atoms with E-state index in [1.807, 2.05) is 24.3 Å². The van der Waals surface area contributed by atoms with Gasteiger partial charge < -0.3 is 0 Å². The molecule has 1 aromatic carbocycles. The van der Waals surface area contributed by atoms with Crippen LogP contribution in [0.2, 0.25) is 5.02 Å². The highest BCUT2D eigenvalue weighted by molar-refractivity contribution is 9.11. The van der Waals surface area contributed by atoms with E-state index in [4.69, 9.17) is 11.6 Å². The van der Waals surface area contributed by atoms with Gasteiger partial charge in [0.1, 0.15) is 0 Å². The number of hydrogen-bond acceptors (Lipinski definition) is 2. The zero-order chi connectivity index (χ0) is 9.26. The van der Waals surface area contributed by atoms with Crippen molar-refractivity contribution < 1.29 is 0 Å². The summed E-state index contributed by atoms with van der Waals surface area (Å²) in [5.74, 6) is 0. The minimum absolute atomic E-state index is 0.731. The van der Waals surface area contributed by atoms with Gasteiger partial charge in [-0.25, -0.2) is 4.98 Å². The van der Waals surface area contributed by atoms with Crippen LogP contribution in [0.3, 0.4) is 0 Å².